The number of hydrogen-bond acceptors (Lipinski definition) is 3. The molecule has 0 aliphatic carbocycles. The Labute approximate surface area is 189 Å². The second-order valence-corrected chi connectivity index (χ2v) is 7.01. The number of ether oxygens (including phenoxy) is 1. The van der Waals surface area contributed by atoms with E-state index in [9.17, 15) is 4.39 Å². The Morgan fingerprint density at radius 3 is 2.59 bits per heavy atom. The molecule has 1 aliphatic rings. The van der Waals surface area contributed by atoms with E-state index in [4.69, 9.17) is 4.74 Å². The number of morpholine rings is 1. The summed E-state index contributed by atoms with van der Waals surface area (Å²) < 4.78 is 18.9. The average Bonchev–Trinajstić information content (AvgIpc) is 2.71. The van der Waals surface area contributed by atoms with Crippen LogP contribution in [0.2, 0.25) is 0 Å². The van der Waals surface area contributed by atoms with Crippen molar-refractivity contribution in [1.29, 1.82) is 0 Å². The minimum absolute atomic E-state index is 0. The molecule has 0 radical (unpaired) electrons. The molecule has 1 aliphatic heterocycles. The zero-order chi connectivity index (χ0) is 19.8. The third kappa shape index (κ3) is 7.24. The van der Waals surface area contributed by atoms with Gasteiger partial charge >= 0.3 is 0 Å². The molecule has 1 unspecified atom stereocenters. The first-order valence-corrected chi connectivity index (χ1v) is 9.73. The highest BCUT2D eigenvalue weighted by Crippen LogP contribution is 2.22. The predicted molar refractivity (Wildman–Crippen MR) is 126 cm³/mol. The van der Waals surface area contributed by atoms with E-state index in [0.29, 0.717) is 12.5 Å². The fraction of sp³-hybridized carbons (Fsp3) is 0.409. The summed E-state index contributed by atoms with van der Waals surface area (Å²) in [6.07, 6.45) is 0. The van der Waals surface area contributed by atoms with Gasteiger partial charge in [-0.2, -0.15) is 0 Å². The normalized spacial score (nSPS) is 16.0. The highest BCUT2D eigenvalue weighted by Gasteiger charge is 2.23. The van der Waals surface area contributed by atoms with Crippen LogP contribution < -0.4 is 10.6 Å². The summed E-state index contributed by atoms with van der Waals surface area (Å²) in [7, 11) is 1.75. The van der Waals surface area contributed by atoms with Crippen LogP contribution in [0.4, 0.5) is 4.39 Å². The van der Waals surface area contributed by atoms with Gasteiger partial charge < -0.3 is 15.4 Å². The molecule has 0 amide bonds. The molecule has 1 saturated heterocycles. The molecule has 2 aromatic rings. The topological polar surface area (TPSA) is 48.9 Å². The standard InChI is InChI=1S/C22H29FN4O.HI/c1-17-5-3-7-19(13-17)21(27-9-11-28-12-10-27)16-26-22(24-2)25-15-18-6-4-8-20(23)14-18;/h3-8,13-14,21H,9-12,15-16H2,1-2H3,(H2,24,25,26);1H. The van der Waals surface area contributed by atoms with Gasteiger partial charge in [-0.3, -0.25) is 9.89 Å². The number of aliphatic imine (C=N–C) groups is 1. The molecule has 3 rings (SSSR count). The number of aryl methyl sites for hydroxylation is 1. The van der Waals surface area contributed by atoms with Gasteiger partial charge in [-0.25, -0.2) is 4.39 Å². The highest BCUT2D eigenvalue weighted by molar-refractivity contribution is 14.0. The van der Waals surface area contributed by atoms with E-state index in [0.717, 1.165) is 38.4 Å². The molecule has 7 heteroatoms. The van der Waals surface area contributed by atoms with Crippen LogP contribution in [-0.2, 0) is 11.3 Å². The maximum absolute atomic E-state index is 13.4. The second-order valence-electron chi connectivity index (χ2n) is 7.01. The summed E-state index contributed by atoms with van der Waals surface area (Å²) >= 11 is 0. The van der Waals surface area contributed by atoms with Crippen molar-refractivity contribution < 1.29 is 9.13 Å². The van der Waals surface area contributed by atoms with Crippen LogP contribution in [0.25, 0.3) is 0 Å². The molecular weight excluding hydrogens is 482 g/mol. The third-order valence-corrected chi connectivity index (χ3v) is 4.95. The van der Waals surface area contributed by atoms with Crippen molar-refractivity contribution in [3.05, 3.63) is 71.0 Å². The van der Waals surface area contributed by atoms with Gasteiger partial charge in [-0.15, -0.1) is 24.0 Å². The Kier molecular flexibility index (Phi) is 9.83. The maximum atomic E-state index is 13.4. The first kappa shape index (κ1) is 23.6. The minimum atomic E-state index is -0.228. The minimum Gasteiger partial charge on any atom is -0.379 e. The van der Waals surface area contributed by atoms with Gasteiger partial charge in [0.2, 0.25) is 0 Å². The van der Waals surface area contributed by atoms with Crippen molar-refractivity contribution in [3.8, 4) is 0 Å². The van der Waals surface area contributed by atoms with Crippen LogP contribution in [0.3, 0.4) is 0 Å². The monoisotopic (exact) mass is 512 g/mol. The van der Waals surface area contributed by atoms with Crippen LogP contribution in [0, 0.1) is 12.7 Å². The Bertz CT molecular complexity index is 796. The van der Waals surface area contributed by atoms with Crippen LogP contribution in [0.15, 0.2) is 53.5 Å². The number of nitrogens with one attached hydrogen (secondary N) is 2. The van der Waals surface area contributed by atoms with Gasteiger partial charge in [0.25, 0.3) is 0 Å². The van der Waals surface area contributed by atoms with E-state index in [1.807, 2.05) is 6.07 Å². The number of halogens is 2. The van der Waals surface area contributed by atoms with Crippen LogP contribution >= 0.6 is 24.0 Å². The lowest BCUT2D eigenvalue weighted by Crippen LogP contribution is -2.46. The Morgan fingerprint density at radius 1 is 1.14 bits per heavy atom. The molecule has 1 heterocycles. The van der Waals surface area contributed by atoms with Crippen molar-refractivity contribution in [2.75, 3.05) is 39.9 Å². The molecule has 0 saturated carbocycles. The first-order valence-electron chi connectivity index (χ1n) is 9.73. The summed E-state index contributed by atoms with van der Waals surface area (Å²) in [5.41, 5.74) is 3.42. The predicted octanol–water partition coefficient (Wildman–Crippen LogP) is 3.49. The van der Waals surface area contributed by atoms with Gasteiger partial charge in [0.15, 0.2) is 5.96 Å². The molecule has 0 spiro atoms. The molecule has 158 valence electrons. The van der Waals surface area contributed by atoms with Crippen LogP contribution in [0.5, 0.6) is 0 Å². The number of guanidine groups is 1. The van der Waals surface area contributed by atoms with Crippen molar-refractivity contribution in [1.82, 2.24) is 15.5 Å². The molecule has 29 heavy (non-hydrogen) atoms. The zero-order valence-corrected chi connectivity index (χ0v) is 19.4. The van der Waals surface area contributed by atoms with Gasteiger partial charge in [0.05, 0.1) is 19.3 Å². The van der Waals surface area contributed by atoms with Gasteiger partial charge in [0.1, 0.15) is 5.82 Å². The molecule has 0 bridgehead atoms. The van der Waals surface area contributed by atoms with E-state index in [2.05, 4.69) is 51.7 Å². The SMILES string of the molecule is CN=C(NCc1cccc(F)c1)NCC(c1cccc(C)c1)N1CCOCC1.I. The number of hydrogen-bond donors (Lipinski definition) is 2. The van der Waals surface area contributed by atoms with E-state index in [1.54, 1.807) is 13.1 Å². The summed E-state index contributed by atoms with van der Waals surface area (Å²) in [5, 5.41) is 6.70. The summed E-state index contributed by atoms with van der Waals surface area (Å²) in [4.78, 5) is 6.76. The van der Waals surface area contributed by atoms with E-state index in [-0.39, 0.29) is 35.8 Å². The van der Waals surface area contributed by atoms with Crippen LogP contribution in [-0.4, -0.2) is 50.8 Å². The van der Waals surface area contributed by atoms with E-state index in [1.165, 1.54) is 23.3 Å². The molecule has 5 nitrogen and oxygen atoms in total. The molecular formula is C22H30FIN4O. The highest BCUT2D eigenvalue weighted by atomic mass is 127. The molecule has 1 atom stereocenters. The third-order valence-electron chi connectivity index (χ3n) is 4.95. The average molecular weight is 512 g/mol. The second kappa shape index (κ2) is 12.1. The lowest BCUT2D eigenvalue weighted by atomic mass is 10.0. The lowest BCUT2D eigenvalue weighted by molar-refractivity contribution is 0.0170. The number of nitrogens with zero attached hydrogens (tertiary/aromatic N) is 2. The molecule has 1 fully saturated rings. The van der Waals surface area contributed by atoms with E-state index < -0.39 is 0 Å². The van der Waals surface area contributed by atoms with Crippen molar-refractivity contribution in [2.24, 2.45) is 4.99 Å². The number of rotatable bonds is 6. The largest absolute Gasteiger partial charge is 0.379 e. The molecule has 2 aromatic carbocycles. The quantitative estimate of drug-likeness (QED) is 0.354. The summed E-state index contributed by atoms with van der Waals surface area (Å²) in [6.45, 7) is 6.71. The summed E-state index contributed by atoms with van der Waals surface area (Å²) in [6, 6.07) is 15.5. The van der Waals surface area contributed by atoms with Crippen molar-refractivity contribution in [2.45, 2.75) is 19.5 Å². The molecule has 0 aromatic heterocycles. The Morgan fingerprint density at radius 2 is 1.90 bits per heavy atom. The smallest absolute Gasteiger partial charge is 0.191 e. The zero-order valence-electron chi connectivity index (χ0n) is 17.0. The summed E-state index contributed by atoms with van der Waals surface area (Å²) in [5.74, 6) is 0.476. The lowest BCUT2D eigenvalue weighted by Gasteiger charge is -2.35. The Balaban J connectivity index is 0.00000300. The van der Waals surface area contributed by atoms with E-state index >= 15 is 0 Å². The van der Waals surface area contributed by atoms with Gasteiger partial charge in [0, 0.05) is 33.2 Å². The van der Waals surface area contributed by atoms with Gasteiger partial charge in [-0.1, -0.05) is 42.0 Å². The van der Waals surface area contributed by atoms with Crippen LogP contribution in [0.1, 0.15) is 22.7 Å². The first-order chi connectivity index (χ1) is 13.7. The van der Waals surface area contributed by atoms with Gasteiger partial charge in [-0.05, 0) is 30.2 Å². The Hall–Kier alpha value is -1.71. The maximum Gasteiger partial charge on any atom is 0.191 e. The molecule has 2 N–H and O–H groups in total. The fourth-order valence-corrected chi connectivity index (χ4v) is 3.47. The van der Waals surface area contributed by atoms with Crippen molar-refractivity contribution in [3.63, 3.8) is 0 Å². The van der Waals surface area contributed by atoms with Crippen molar-refractivity contribution >= 4 is 29.9 Å². The fourth-order valence-electron chi connectivity index (χ4n) is 3.47. The number of benzene rings is 2.